The molecule has 0 bridgehead atoms. The second kappa shape index (κ2) is 19.4. The first-order chi connectivity index (χ1) is 23.2. The molecule has 272 valence electrons. The van der Waals surface area contributed by atoms with E-state index >= 15 is 0 Å². The summed E-state index contributed by atoms with van der Waals surface area (Å²) in [7, 11) is 0. The predicted octanol–water partition coefficient (Wildman–Crippen LogP) is 4.32. The first kappa shape index (κ1) is 39.7. The lowest BCUT2D eigenvalue weighted by atomic mass is 9.82. The van der Waals surface area contributed by atoms with Crippen molar-refractivity contribution in [2.24, 2.45) is 17.8 Å². The van der Waals surface area contributed by atoms with E-state index in [1.54, 1.807) is 27.0 Å². The van der Waals surface area contributed by atoms with Crippen LogP contribution in [0.5, 0.6) is 0 Å². The van der Waals surface area contributed by atoms with E-state index in [-0.39, 0.29) is 42.7 Å². The Bertz CT molecular complexity index is 1310. The molecule has 5 atom stereocenters. The molecule has 1 aromatic carbocycles. The molecule has 1 fully saturated rings. The quantitative estimate of drug-likeness (QED) is 0.145. The van der Waals surface area contributed by atoms with Gasteiger partial charge in [0.1, 0.15) is 5.60 Å². The van der Waals surface area contributed by atoms with E-state index in [9.17, 15) is 24.6 Å². The fourth-order valence-electron chi connectivity index (χ4n) is 6.19. The van der Waals surface area contributed by atoms with Crippen molar-refractivity contribution in [3.63, 3.8) is 0 Å². The number of aliphatic hydroxyl groups excluding tert-OH is 2. The van der Waals surface area contributed by atoms with E-state index in [0.717, 1.165) is 31.2 Å². The van der Waals surface area contributed by atoms with Crippen molar-refractivity contribution in [3.05, 3.63) is 60.4 Å². The molecule has 5 N–H and O–H groups in total. The number of hydrogen-bond acceptors (Lipinski definition) is 8. The molecule has 1 aliphatic carbocycles. The van der Waals surface area contributed by atoms with Crippen LogP contribution in [0.25, 0.3) is 0 Å². The number of nitrogens with zero attached hydrogens (tertiary/aromatic N) is 3. The first-order valence-corrected chi connectivity index (χ1v) is 17.7. The van der Waals surface area contributed by atoms with Gasteiger partial charge >= 0.3 is 6.09 Å². The minimum absolute atomic E-state index is 0.0108. The molecule has 1 aromatic heterocycles. The van der Waals surface area contributed by atoms with E-state index < -0.39 is 41.9 Å². The molecule has 3 amide bonds. The van der Waals surface area contributed by atoms with Gasteiger partial charge in [0.2, 0.25) is 11.8 Å². The molecule has 0 spiro atoms. The monoisotopic (exact) mass is 682 g/mol. The number of benzene rings is 1. The van der Waals surface area contributed by atoms with Gasteiger partial charge in [-0.3, -0.25) is 14.3 Å². The van der Waals surface area contributed by atoms with Gasteiger partial charge < -0.3 is 30.9 Å². The summed E-state index contributed by atoms with van der Waals surface area (Å²) >= 11 is 0. The maximum Gasteiger partial charge on any atom is 0.407 e. The maximum atomic E-state index is 14.1. The van der Waals surface area contributed by atoms with Crippen molar-refractivity contribution in [3.8, 4) is 0 Å². The maximum absolute atomic E-state index is 14.1. The van der Waals surface area contributed by atoms with Gasteiger partial charge in [-0.05, 0) is 57.4 Å². The number of rotatable bonds is 18. The lowest BCUT2D eigenvalue weighted by Gasteiger charge is -2.32. The number of amides is 3. The zero-order valence-corrected chi connectivity index (χ0v) is 29.9. The lowest BCUT2D eigenvalue weighted by molar-refractivity contribution is -0.128. The Morgan fingerprint density at radius 3 is 2.33 bits per heavy atom. The number of carbonyl (C=O) groups is 3. The number of carbonyl (C=O) groups excluding carboxylic acids is 3. The molecular formula is C37H58N6O6. The van der Waals surface area contributed by atoms with Crippen LogP contribution in [0.4, 0.5) is 4.79 Å². The zero-order chi connectivity index (χ0) is 36.0. The number of alkyl carbamates (subject to hydrolysis) is 1. The van der Waals surface area contributed by atoms with E-state index in [1.165, 1.54) is 17.3 Å². The average molecular weight is 683 g/mol. The molecule has 1 aliphatic rings. The van der Waals surface area contributed by atoms with E-state index in [1.807, 2.05) is 44.2 Å². The van der Waals surface area contributed by atoms with Crippen LogP contribution in [0.15, 0.2) is 54.9 Å². The molecule has 1 saturated carbocycles. The van der Waals surface area contributed by atoms with Crippen LogP contribution in [0.2, 0.25) is 0 Å². The number of aromatic nitrogens is 3. The Morgan fingerprint density at radius 1 is 1.02 bits per heavy atom. The Morgan fingerprint density at radius 2 is 1.71 bits per heavy atom. The highest BCUT2D eigenvalue weighted by molar-refractivity contribution is 5.92. The van der Waals surface area contributed by atoms with E-state index in [4.69, 9.17) is 4.74 Å². The first-order valence-electron chi connectivity index (χ1n) is 17.7. The minimum Gasteiger partial charge on any atom is -0.444 e. The van der Waals surface area contributed by atoms with E-state index in [0.29, 0.717) is 25.3 Å². The van der Waals surface area contributed by atoms with Crippen LogP contribution in [0.1, 0.15) is 91.5 Å². The summed E-state index contributed by atoms with van der Waals surface area (Å²) in [6.07, 6.45) is 6.54. The molecule has 0 unspecified atom stereocenters. The van der Waals surface area contributed by atoms with Gasteiger partial charge in [-0.15, -0.1) is 5.10 Å². The highest BCUT2D eigenvalue weighted by Gasteiger charge is 2.34. The van der Waals surface area contributed by atoms with Gasteiger partial charge in [0, 0.05) is 24.7 Å². The summed E-state index contributed by atoms with van der Waals surface area (Å²) in [5.74, 6) is -0.896. The summed E-state index contributed by atoms with van der Waals surface area (Å²) in [6.45, 7) is 13.8. The molecule has 0 aliphatic heterocycles. The normalized spacial score (nSPS) is 17.0. The molecule has 0 saturated heterocycles. The number of aliphatic hydroxyl groups is 2. The van der Waals surface area contributed by atoms with Crippen LogP contribution in [-0.2, 0) is 27.3 Å². The fourth-order valence-corrected chi connectivity index (χ4v) is 6.19. The number of nitrogens with one attached hydrogen (secondary N) is 3. The van der Waals surface area contributed by atoms with E-state index in [2.05, 4.69) is 32.8 Å². The topological polar surface area (TPSA) is 168 Å². The van der Waals surface area contributed by atoms with Gasteiger partial charge in [0.05, 0.1) is 43.0 Å². The predicted molar refractivity (Wildman–Crippen MR) is 188 cm³/mol. The second-order valence-electron chi connectivity index (χ2n) is 14.9. The molecule has 0 radical (unpaired) electrons. The van der Waals surface area contributed by atoms with Gasteiger partial charge in [-0.25, -0.2) is 4.79 Å². The van der Waals surface area contributed by atoms with Gasteiger partial charge in [0.15, 0.2) is 0 Å². The summed E-state index contributed by atoms with van der Waals surface area (Å²) < 4.78 is 7.02. The lowest BCUT2D eigenvalue weighted by Crippen LogP contribution is -2.51. The molecule has 1 heterocycles. The summed E-state index contributed by atoms with van der Waals surface area (Å²) in [5.41, 5.74) is 0.409. The molecule has 12 heteroatoms. The van der Waals surface area contributed by atoms with Crippen molar-refractivity contribution in [1.29, 1.82) is 0 Å². The number of ether oxygens (including phenoxy) is 1. The molecule has 2 aromatic rings. The van der Waals surface area contributed by atoms with Crippen LogP contribution in [0.3, 0.4) is 0 Å². The average Bonchev–Trinajstić information content (AvgIpc) is 3.56. The van der Waals surface area contributed by atoms with Crippen LogP contribution in [0, 0.1) is 17.8 Å². The van der Waals surface area contributed by atoms with Crippen molar-refractivity contribution < 1.29 is 29.3 Å². The summed E-state index contributed by atoms with van der Waals surface area (Å²) in [6, 6.07) is 8.07. The Kier molecular flexibility index (Phi) is 15.7. The second-order valence-corrected chi connectivity index (χ2v) is 14.9. The van der Waals surface area contributed by atoms with Crippen LogP contribution < -0.4 is 16.0 Å². The molecule has 3 rings (SSSR count). The third-order valence-electron chi connectivity index (χ3n) is 8.79. The van der Waals surface area contributed by atoms with Crippen molar-refractivity contribution >= 4 is 17.9 Å². The van der Waals surface area contributed by atoms with Crippen molar-refractivity contribution in [1.82, 2.24) is 30.9 Å². The standard InChI is InChI=1S/C37H58N6O6/c1-25(2)23-38-34(46)26(3)19-32(44)30(20-27-13-9-7-10-14-27)40-35(47)29(24-43-18-17-39-42-43)22-33(45)31(21-28-15-11-8-12-16-28)41-36(48)49-37(4,5)6/h8,11-12,15-18,25,27,29-33,44-45H,3,7,9-10,13-14,19-24H2,1-2,4-6H3,(H,38,46)(H,40,47)(H,41,48)/t29-,30-,31-,32-,33+/m0/s1. The Labute approximate surface area is 291 Å². The minimum atomic E-state index is -1.14. The van der Waals surface area contributed by atoms with Crippen molar-refractivity contribution in [2.75, 3.05) is 6.54 Å². The zero-order valence-electron chi connectivity index (χ0n) is 29.9. The molecule has 12 nitrogen and oxygen atoms in total. The highest BCUT2D eigenvalue weighted by Crippen LogP contribution is 2.29. The van der Waals surface area contributed by atoms with Crippen molar-refractivity contribution in [2.45, 2.75) is 129 Å². The fraction of sp³-hybridized carbons (Fsp3) is 0.649. The van der Waals surface area contributed by atoms with Gasteiger partial charge in [0.25, 0.3) is 0 Å². The third kappa shape index (κ3) is 14.7. The Hall–Kier alpha value is -3.77. The molecule has 49 heavy (non-hydrogen) atoms. The van der Waals surface area contributed by atoms with Gasteiger partial charge in [-0.1, -0.05) is 88.1 Å². The van der Waals surface area contributed by atoms with Crippen LogP contribution >= 0.6 is 0 Å². The number of hydrogen-bond donors (Lipinski definition) is 5. The Balaban J connectivity index is 1.82. The van der Waals surface area contributed by atoms with Crippen LogP contribution in [-0.4, -0.2) is 79.6 Å². The smallest absolute Gasteiger partial charge is 0.407 e. The third-order valence-corrected chi connectivity index (χ3v) is 8.79. The summed E-state index contributed by atoms with van der Waals surface area (Å²) in [5, 5.41) is 39.8. The summed E-state index contributed by atoms with van der Waals surface area (Å²) in [4.78, 5) is 39.7. The largest absolute Gasteiger partial charge is 0.444 e. The highest BCUT2D eigenvalue weighted by atomic mass is 16.6. The molecular weight excluding hydrogens is 624 g/mol. The SMILES string of the molecule is C=C(C[C@H](O)[C@H](CC1CCCCC1)NC(=O)[C@@H](C[C@@H](O)[C@H](Cc1ccccc1)NC(=O)OC(C)(C)C)Cn1ccnn1)C(=O)NCC(C)C. The van der Waals surface area contributed by atoms with Gasteiger partial charge in [-0.2, -0.15) is 0 Å².